The Labute approximate surface area is 433 Å². The maximum Gasteiger partial charge on any atom is 0.268 e. The summed E-state index contributed by atoms with van der Waals surface area (Å²) in [6.07, 6.45) is 73.0. The summed E-state index contributed by atoms with van der Waals surface area (Å²) in [5, 5.41) is 13.7. The van der Waals surface area contributed by atoms with Crippen molar-refractivity contribution < 1.29 is 32.9 Å². The second kappa shape index (κ2) is 51.6. The molecule has 0 aromatic carbocycles. The van der Waals surface area contributed by atoms with E-state index in [-0.39, 0.29) is 12.5 Å². The molecule has 0 aromatic rings. The average Bonchev–Trinajstić information content (AvgIpc) is 3.32. The van der Waals surface area contributed by atoms with Crippen LogP contribution in [0.15, 0.2) is 85.1 Å². The molecular formula is C61H111N2O6P. The number of rotatable bonds is 52. The quantitative estimate of drug-likeness (QED) is 0.0272. The van der Waals surface area contributed by atoms with Gasteiger partial charge in [0.15, 0.2) is 0 Å². The fourth-order valence-corrected chi connectivity index (χ4v) is 8.91. The minimum Gasteiger partial charge on any atom is -0.756 e. The van der Waals surface area contributed by atoms with Gasteiger partial charge in [-0.2, -0.15) is 0 Å². The number of hydrogen-bond donors (Lipinski definition) is 2. The summed E-state index contributed by atoms with van der Waals surface area (Å²) in [6, 6.07) is -0.908. The third-order valence-electron chi connectivity index (χ3n) is 12.7. The highest BCUT2D eigenvalue weighted by Crippen LogP contribution is 2.38. The Morgan fingerprint density at radius 3 is 1.33 bits per heavy atom. The van der Waals surface area contributed by atoms with Crippen molar-refractivity contribution in [3.8, 4) is 0 Å². The van der Waals surface area contributed by atoms with Crippen molar-refractivity contribution in [2.24, 2.45) is 0 Å². The molecule has 3 atom stereocenters. The molecule has 9 heteroatoms. The summed E-state index contributed by atoms with van der Waals surface area (Å²) in [4.78, 5) is 25.3. The number of aliphatic hydroxyl groups is 1. The first-order chi connectivity index (χ1) is 34.0. The summed E-state index contributed by atoms with van der Waals surface area (Å²) in [6.45, 7) is 4.27. The van der Waals surface area contributed by atoms with E-state index in [9.17, 15) is 19.4 Å². The molecule has 0 aliphatic heterocycles. The molecule has 0 fully saturated rings. The van der Waals surface area contributed by atoms with Gasteiger partial charge in [-0.15, -0.1) is 0 Å². The molecule has 0 aromatic heterocycles. The van der Waals surface area contributed by atoms with E-state index in [2.05, 4.69) is 79.1 Å². The molecule has 0 aliphatic carbocycles. The summed E-state index contributed by atoms with van der Waals surface area (Å²) < 4.78 is 23.2. The second-order valence-electron chi connectivity index (χ2n) is 20.6. The van der Waals surface area contributed by atoms with E-state index < -0.39 is 26.6 Å². The van der Waals surface area contributed by atoms with Crippen molar-refractivity contribution in [2.75, 3.05) is 40.9 Å². The van der Waals surface area contributed by atoms with Crippen LogP contribution >= 0.6 is 7.82 Å². The first kappa shape index (κ1) is 67.7. The van der Waals surface area contributed by atoms with Crippen LogP contribution in [0.5, 0.6) is 0 Å². The number of phosphoric acid groups is 1. The van der Waals surface area contributed by atoms with Crippen molar-refractivity contribution >= 4 is 13.7 Å². The Hall–Kier alpha value is -2.32. The number of likely N-dealkylation sites (N-methyl/N-ethyl adjacent to an activating group) is 1. The van der Waals surface area contributed by atoms with E-state index in [1.54, 1.807) is 6.08 Å². The number of aliphatic hydroxyl groups excluding tert-OH is 1. The van der Waals surface area contributed by atoms with Crippen molar-refractivity contribution in [3.05, 3.63) is 85.1 Å². The molecule has 70 heavy (non-hydrogen) atoms. The Morgan fingerprint density at radius 2 is 0.900 bits per heavy atom. The second-order valence-corrected chi connectivity index (χ2v) is 22.0. The molecule has 1 amide bonds. The van der Waals surface area contributed by atoms with Gasteiger partial charge < -0.3 is 28.8 Å². The van der Waals surface area contributed by atoms with Crippen LogP contribution in [-0.4, -0.2) is 68.5 Å². The van der Waals surface area contributed by atoms with Crippen molar-refractivity contribution in [3.63, 3.8) is 0 Å². The Kier molecular flexibility index (Phi) is 49.9. The Balaban J connectivity index is 3.82. The van der Waals surface area contributed by atoms with E-state index in [0.717, 1.165) is 70.6 Å². The molecule has 0 bridgehead atoms. The molecule has 2 N–H and O–H groups in total. The molecule has 8 nitrogen and oxygen atoms in total. The van der Waals surface area contributed by atoms with Gasteiger partial charge in [-0.05, 0) is 77.6 Å². The fourth-order valence-electron chi connectivity index (χ4n) is 8.18. The van der Waals surface area contributed by atoms with E-state index in [1.165, 1.54) is 154 Å². The fraction of sp³-hybridized carbons (Fsp3) is 0.754. The highest BCUT2D eigenvalue weighted by Gasteiger charge is 2.23. The molecule has 3 unspecified atom stereocenters. The number of nitrogens with zero attached hydrogens (tertiary/aromatic N) is 1. The van der Waals surface area contributed by atoms with Crippen LogP contribution in [0.25, 0.3) is 0 Å². The number of carbonyl (C=O) groups is 1. The van der Waals surface area contributed by atoms with Gasteiger partial charge in [0.2, 0.25) is 5.91 Å². The molecular weight excluding hydrogens is 888 g/mol. The van der Waals surface area contributed by atoms with Gasteiger partial charge in [-0.3, -0.25) is 9.36 Å². The summed E-state index contributed by atoms with van der Waals surface area (Å²) in [7, 11) is 1.23. The lowest BCUT2D eigenvalue weighted by Crippen LogP contribution is -2.45. The van der Waals surface area contributed by atoms with Gasteiger partial charge in [0, 0.05) is 6.42 Å². The topological polar surface area (TPSA) is 108 Å². The molecule has 0 radical (unpaired) electrons. The number of carbonyl (C=O) groups excluding carboxylic acids is 1. The zero-order valence-corrected chi connectivity index (χ0v) is 47.1. The number of quaternary nitrogens is 1. The highest BCUT2D eigenvalue weighted by molar-refractivity contribution is 7.45. The third kappa shape index (κ3) is 53.5. The van der Waals surface area contributed by atoms with Gasteiger partial charge in [0.05, 0.1) is 39.9 Å². The van der Waals surface area contributed by atoms with Gasteiger partial charge in [0.25, 0.3) is 7.82 Å². The van der Waals surface area contributed by atoms with Crippen LogP contribution in [0.4, 0.5) is 0 Å². The average molecular weight is 1000 g/mol. The van der Waals surface area contributed by atoms with E-state index in [4.69, 9.17) is 9.05 Å². The largest absolute Gasteiger partial charge is 0.756 e. The smallest absolute Gasteiger partial charge is 0.268 e. The van der Waals surface area contributed by atoms with Gasteiger partial charge >= 0.3 is 0 Å². The number of nitrogens with one attached hydrogen (secondary N) is 1. The van der Waals surface area contributed by atoms with Gasteiger partial charge in [-0.25, -0.2) is 0 Å². The van der Waals surface area contributed by atoms with Crippen LogP contribution in [0.3, 0.4) is 0 Å². The number of unbranched alkanes of at least 4 members (excludes halogenated alkanes) is 28. The predicted octanol–water partition coefficient (Wildman–Crippen LogP) is 17.0. The normalized spacial score (nSPS) is 14.6. The monoisotopic (exact) mass is 999 g/mol. The molecule has 0 aliphatic rings. The molecule has 0 saturated carbocycles. The number of phosphoric ester groups is 1. The zero-order chi connectivity index (χ0) is 51.3. The lowest BCUT2D eigenvalue weighted by Gasteiger charge is -2.29. The molecule has 0 heterocycles. The van der Waals surface area contributed by atoms with E-state index >= 15 is 0 Å². The Morgan fingerprint density at radius 1 is 0.529 bits per heavy atom. The standard InChI is InChI=1S/C61H111N2O6P/c1-6-8-10-12-14-16-17-18-19-20-21-22-23-24-25-26-27-28-29-30-31-32-33-34-35-36-37-38-39-40-41-42-43-44-45-47-49-51-53-55-61(65)62-59(58-69-70(66,67)68-57-56-63(3,4)5)60(64)54-52-50-48-46-15-13-11-9-7-2/h7-10,14-16,18-19,21-22,46,52,54,59-60,64H,6,11-13,17,20,23-45,47-51,53,55-58H2,1-5H3,(H-,62,65,66,67)/b9-7+,10-8-,16-14-,19-18-,22-21-,46-15+,54-52+. The minimum atomic E-state index is -4.60. The first-order valence-corrected chi connectivity index (χ1v) is 30.4. The summed E-state index contributed by atoms with van der Waals surface area (Å²) in [5.41, 5.74) is 0. The predicted molar refractivity (Wildman–Crippen MR) is 302 cm³/mol. The molecule has 0 spiro atoms. The number of allylic oxidation sites excluding steroid dienone is 13. The van der Waals surface area contributed by atoms with Crippen molar-refractivity contribution in [1.29, 1.82) is 0 Å². The lowest BCUT2D eigenvalue weighted by atomic mass is 10.0. The van der Waals surface area contributed by atoms with E-state index in [0.29, 0.717) is 17.4 Å². The first-order valence-electron chi connectivity index (χ1n) is 28.9. The zero-order valence-electron chi connectivity index (χ0n) is 46.2. The van der Waals surface area contributed by atoms with Crippen LogP contribution in [-0.2, 0) is 18.4 Å². The Bertz CT molecular complexity index is 1410. The SMILES string of the molecule is C/C=C/CC/C=C/CC/C=C/C(O)C(COP(=O)([O-])OCC[N+](C)(C)C)NC(=O)CCCCCCCCCCCCCCCCCCCCCCCCCCCC/C=C\C/C=C\C/C=C\C/C=C\CC. The number of amides is 1. The summed E-state index contributed by atoms with van der Waals surface area (Å²) >= 11 is 0. The lowest BCUT2D eigenvalue weighted by molar-refractivity contribution is -0.870. The number of hydrogen-bond acceptors (Lipinski definition) is 6. The maximum absolute atomic E-state index is 12.9. The molecule has 406 valence electrons. The molecule has 0 rings (SSSR count). The van der Waals surface area contributed by atoms with Crippen LogP contribution in [0.1, 0.15) is 245 Å². The van der Waals surface area contributed by atoms with E-state index in [1.807, 2.05) is 40.2 Å². The van der Waals surface area contributed by atoms with Crippen LogP contribution in [0.2, 0.25) is 0 Å². The third-order valence-corrected chi connectivity index (χ3v) is 13.6. The highest BCUT2D eigenvalue weighted by atomic mass is 31.2. The maximum atomic E-state index is 12.9. The van der Waals surface area contributed by atoms with Gasteiger partial charge in [0.1, 0.15) is 13.2 Å². The minimum absolute atomic E-state index is 0.0104. The van der Waals surface area contributed by atoms with Crippen LogP contribution < -0.4 is 10.2 Å². The summed E-state index contributed by atoms with van der Waals surface area (Å²) in [5.74, 6) is -0.213. The van der Waals surface area contributed by atoms with Crippen LogP contribution in [0, 0.1) is 0 Å². The molecule has 0 saturated heterocycles. The van der Waals surface area contributed by atoms with Gasteiger partial charge in [-0.1, -0.05) is 246 Å². The van der Waals surface area contributed by atoms with Crippen molar-refractivity contribution in [2.45, 2.75) is 257 Å². The van der Waals surface area contributed by atoms with Crippen molar-refractivity contribution in [1.82, 2.24) is 5.32 Å².